The van der Waals surface area contributed by atoms with Crippen molar-refractivity contribution in [2.45, 2.75) is 64.1 Å². The SMILES string of the molecule is CC1CCC(C)N1CC=CC(=O)Nc1cc2c(Nc3ccc(F)c(Cl)c3)ncnc2cc1OC1CCC1. The second-order valence-electron chi connectivity index (χ2n) is 9.88. The number of benzene rings is 2. The zero-order valence-electron chi connectivity index (χ0n) is 21.0. The molecular weight excluding hydrogens is 493 g/mol. The van der Waals surface area contributed by atoms with E-state index in [1.807, 2.05) is 18.2 Å². The van der Waals surface area contributed by atoms with E-state index in [2.05, 4.69) is 39.3 Å². The molecule has 2 aliphatic rings. The van der Waals surface area contributed by atoms with Crippen molar-refractivity contribution >= 4 is 45.6 Å². The summed E-state index contributed by atoms with van der Waals surface area (Å²) in [5, 5.41) is 6.86. The van der Waals surface area contributed by atoms with Gasteiger partial charge in [-0.3, -0.25) is 9.69 Å². The molecule has 1 amide bonds. The average molecular weight is 524 g/mol. The summed E-state index contributed by atoms with van der Waals surface area (Å²) in [4.78, 5) is 24.1. The summed E-state index contributed by atoms with van der Waals surface area (Å²) in [5.74, 6) is 0.361. The third-order valence-electron chi connectivity index (χ3n) is 7.24. The lowest BCUT2D eigenvalue weighted by Crippen LogP contribution is -2.32. The van der Waals surface area contributed by atoms with Crippen LogP contribution < -0.4 is 15.4 Å². The summed E-state index contributed by atoms with van der Waals surface area (Å²) >= 11 is 5.95. The van der Waals surface area contributed by atoms with Crippen LogP contribution in [0.1, 0.15) is 46.0 Å². The molecule has 1 saturated heterocycles. The average Bonchev–Trinajstić information content (AvgIpc) is 3.16. The molecule has 2 heterocycles. The summed E-state index contributed by atoms with van der Waals surface area (Å²) in [7, 11) is 0. The zero-order valence-corrected chi connectivity index (χ0v) is 21.8. The van der Waals surface area contributed by atoms with E-state index in [9.17, 15) is 9.18 Å². The summed E-state index contributed by atoms with van der Waals surface area (Å²) in [5.41, 5.74) is 1.79. The number of carbonyl (C=O) groups is 1. The van der Waals surface area contributed by atoms with Gasteiger partial charge in [0.15, 0.2) is 0 Å². The van der Waals surface area contributed by atoms with Crippen molar-refractivity contribution in [2.75, 3.05) is 17.2 Å². The maximum absolute atomic E-state index is 13.6. The third kappa shape index (κ3) is 5.86. The van der Waals surface area contributed by atoms with Crippen LogP contribution in [0.15, 0.2) is 48.8 Å². The maximum Gasteiger partial charge on any atom is 0.248 e. The Bertz CT molecular complexity index is 1320. The molecule has 1 saturated carbocycles. The monoisotopic (exact) mass is 523 g/mol. The first-order valence-corrected chi connectivity index (χ1v) is 13.2. The van der Waals surface area contributed by atoms with Gasteiger partial charge < -0.3 is 15.4 Å². The second kappa shape index (κ2) is 11.0. The first kappa shape index (κ1) is 25.4. The van der Waals surface area contributed by atoms with E-state index in [4.69, 9.17) is 16.3 Å². The van der Waals surface area contributed by atoms with Gasteiger partial charge in [0, 0.05) is 41.8 Å². The lowest BCUT2D eigenvalue weighted by Gasteiger charge is -2.27. The molecular formula is C28H31ClFN5O2. The number of likely N-dealkylation sites (tertiary alicyclic amines) is 1. The van der Waals surface area contributed by atoms with Crippen LogP contribution in [0.5, 0.6) is 5.75 Å². The highest BCUT2D eigenvalue weighted by atomic mass is 35.5. The van der Waals surface area contributed by atoms with Gasteiger partial charge in [0.1, 0.15) is 23.7 Å². The minimum Gasteiger partial charge on any atom is -0.488 e. The van der Waals surface area contributed by atoms with Crippen LogP contribution in [0.3, 0.4) is 0 Å². The number of carbonyl (C=O) groups excluding carboxylic acids is 1. The number of aromatic nitrogens is 2. The second-order valence-corrected chi connectivity index (χ2v) is 10.3. The third-order valence-corrected chi connectivity index (χ3v) is 7.53. The number of rotatable bonds is 8. The van der Waals surface area contributed by atoms with Gasteiger partial charge in [0.05, 0.1) is 22.3 Å². The number of hydrogen-bond acceptors (Lipinski definition) is 6. The van der Waals surface area contributed by atoms with Crippen molar-refractivity contribution in [3.63, 3.8) is 0 Å². The molecule has 1 aromatic heterocycles. The highest BCUT2D eigenvalue weighted by Crippen LogP contribution is 2.36. The summed E-state index contributed by atoms with van der Waals surface area (Å²) < 4.78 is 19.8. The minimum atomic E-state index is -0.496. The number of amides is 1. The molecule has 2 N–H and O–H groups in total. The molecule has 0 bridgehead atoms. The van der Waals surface area contributed by atoms with Gasteiger partial charge >= 0.3 is 0 Å². The van der Waals surface area contributed by atoms with E-state index in [1.165, 1.54) is 31.3 Å². The number of anilines is 3. The Balaban J connectivity index is 1.40. The molecule has 3 aromatic rings. The Kier molecular flexibility index (Phi) is 7.58. The van der Waals surface area contributed by atoms with Gasteiger partial charge in [-0.05, 0) is 70.2 Å². The molecule has 7 nitrogen and oxygen atoms in total. The van der Waals surface area contributed by atoms with E-state index in [1.54, 1.807) is 12.1 Å². The number of hydrogen-bond donors (Lipinski definition) is 2. The number of nitrogens with zero attached hydrogens (tertiary/aromatic N) is 3. The number of halogens is 2. The van der Waals surface area contributed by atoms with Crippen LogP contribution in [0.4, 0.5) is 21.6 Å². The first-order valence-electron chi connectivity index (χ1n) is 12.8. The molecule has 37 heavy (non-hydrogen) atoms. The van der Waals surface area contributed by atoms with Crippen LogP contribution in [0, 0.1) is 5.82 Å². The molecule has 194 valence electrons. The van der Waals surface area contributed by atoms with E-state index >= 15 is 0 Å². The number of ether oxygens (including phenoxy) is 1. The first-order chi connectivity index (χ1) is 17.9. The molecule has 2 unspecified atom stereocenters. The van der Waals surface area contributed by atoms with Crippen molar-refractivity contribution in [2.24, 2.45) is 0 Å². The smallest absolute Gasteiger partial charge is 0.248 e. The molecule has 5 rings (SSSR count). The van der Waals surface area contributed by atoms with Gasteiger partial charge in [-0.25, -0.2) is 14.4 Å². The molecule has 2 atom stereocenters. The van der Waals surface area contributed by atoms with E-state index in [0.29, 0.717) is 45.9 Å². The van der Waals surface area contributed by atoms with Gasteiger partial charge in [0.25, 0.3) is 0 Å². The van der Waals surface area contributed by atoms with E-state index < -0.39 is 5.82 Å². The summed E-state index contributed by atoms with van der Waals surface area (Å²) in [6, 6.07) is 9.05. The van der Waals surface area contributed by atoms with Gasteiger partial charge in [0.2, 0.25) is 5.91 Å². The van der Waals surface area contributed by atoms with Crippen LogP contribution >= 0.6 is 11.6 Å². The lowest BCUT2D eigenvalue weighted by atomic mass is 9.96. The fourth-order valence-corrected chi connectivity index (χ4v) is 5.00. The van der Waals surface area contributed by atoms with Crippen LogP contribution in [0.25, 0.3) is 10.9 Å². The molecule has 0 radical (unpaired) electrons. The summed E-state index contributed by atoms with van der Waals surface area (Å²) in [6.45, 7) is 5.19. The Morgan fingerprint density at radius 3 is 2.65 bits per heavy atom. The molecule has 2 fully saturated rings. The summed E-state index contributed by atoms with van der Waals surface area (Å²) in [6.07, 6.45) is 10.5. The Labute approximate surface area is 221 Å². The quantitative estimate of drug-likeness (QED) is 0.330. The Morgan fingerprint density at radius 2 is 1.95 bits per heavy atom. The predicted molar refractivity (Wildman–Crippen MR) is 145 cm³/mol. The fraction of sp³-hybridized carbons (Fsp3) is 0.393. The van der Waals surface area contributed by atoms with Gasteiger partial charge in [-0.15, -0.1) is 0 Å². The fourth-order valence-electron chi connectivity index (χ4n) is 4.82. The van der Waals surface area contributed by atoms with Crippen molar-refractivity contribution in [1.82, 2.24) is 14.9 Å². The standard InChI is InChI=1S/C28H31ClFN5O2/c1-17-8-9-18(2)35(17)12-4-7-27(36)34-25-14-21-24(15-26(25)37-20-5-3-6-20)31-16-32-28(21)33-19-10-11-23(30)22(29)13-19/h4,7,10-11,13-18,20H,3,5-6,8-9,12H2,1-2H3,(H,34,36)(H,31,32,33). The van der Waals surface area contributed by atoms with Gasteiger partial charge in [-0.1, -0.05) is 17.7 Å². The van der Waals surface area contributed by atoms with Crippen molar-refractivity contribution in [3.05, 3.63) is 59.7 Å². The predicted octanol–water partition coefficient (Wildman–Crippen LogP) is 6.46. The molecule has 9 heteroatoms. The number of fused-ring (bicyclic) bond motifs is 1. The maximum atomic E-state index is 13.6. The zero-order chi connectivity index (χ0) is 25.9. The Morgan fingerprint density at radius 1 is 1.16 bits per heavy atom. The number of nitrogens with one attached hydrogen (secondary N) is 2. The largest absolute Gasteiger partial charge is 0.488 e. The van der Waals surface area contributed by atoms with E-state index in [-0.39, 0.29) is 17.0 Å². The molecule has 0 spiro atoms. The topological polar surface area (TPSA) is 79.4 Å². The van der Waals surface area contributed by atoms with Crippen LogP contribution in [0.2, 0.25) is 5.02 Å². The van der Waals surface area contributed by atoms with Crippen LogP contribution in [-0.2, 0) is 4.79 Å². The van der Waals surface area contributed by atoms with Crippen LogP contribution in [-0.4, -0.2) is 45.5 Å². The lowest BCUT2D eigenvalue weighted by molar-refractivity contribution is -0.112. The Hall–Kier alpha value is -3.23. The highest BCUT2D eigenvalue weighted by molar-refractivity contribution is 6.31. The highest BCUT2D eigenvalue weighted by Gasteiger charge is 2.26. The van der Waals surface area contributed by atoms with Crippen molar-refractivity contribution < 1.29 is 13.9 Å². The normalized spacial score (nSPS) is 20.3. The molecule has 1 aliphatic heterocycles. The van der Waals surface area contributed by atoms with Crippen molar-refractivity contribution in [3.8, 4) is 5.75 Å². The minimum absolute atomic E-state index is 0.0111. The molecule has 1 aliphatic carbocycles. The van der Waals surface area contributed by atoms with E-state index in [0.717, 1.165) is 25.8 Å². The molecule has 2 aromatic carbocycles. The van der Waals surface area contributed by atoms with Crippen molar-refractivity contribution in [1.29, 1.82) is 0 Å². The van der Waals surface area contributed by atoms with Gasteiger partial charge in [-0.2, -0.15) is 0 Å².